The molecule has 0 aliphatic heterocycles. The maximum Gasteiger partial charge on any atom is 0.106 e. The number of rotatable bonds is 3. The minimum Gasteiger partial charge on any atom is -0.398 e. The smallest absolute Gasteiger partial charge is 0.106 e. The maximum absolute atomic E-state index is 5.88. The number of hydrogen-bond acceptors (Lipinski definition) is 2. The molecule has 1 aromatic carbocycles. The molecule has 1 aromatic heterocycles. The fourth-order valence-electron chi connectivity index (χ4n) is 1.75. The molecule has 0 bridgehead atoms. The van der Waals surface area contributed by atoms with Crippen molar-refractivity contribution in [2.24, 2.45) is 0 Å². The number of aryl methyl sites for hydroxylation is 4. The number of benzene rings is 1. The number of nitrogens with zero attached hydrogens (tertiary/aromatic N) is 1. The lowest BCUT2D eigenvalue weighted by molar-refractivity contribution is 0.879. The van der Waals surface area contributed by atoms with Crippen LogP contribution >= 0.6 is 11.6 Å². The standard InChI is InChI=1S/C13H16ClN3/c1-8-9(2)17-13(16-8)6-4-10-3-5-11(14)12(15)7-10/h3,5,7H,4,6,15H2,1-2H3,(H,16,17). The number of H-pyrrole nitrogens is 1. The van der Waals surface area contributed by atoms with Gasteiger partial charge in [0.25, 0.3) is 0 Å². The molecule has 17 heavy (non-hydrogen) atoms. The monoisotopic (exact) mass is 249 g/mol. The summed E-state index contributed by atoms with van der Waals surface area (Å²) in [6.45, 7) is 4.04. The van der Waals surface area contributed by atoms with Gasteiger partial charge in [0.15, 0.2) is 0 Å². The van der Waals surface area contributed by atoms with Crippen molar-refractivity contribution in [2.75, 3.05) is 5.73 Å². The quantitative estimate of drug-likeness (QED) is 0.822. The average Bonchev–Trinajstić information content (AvgIpc) is 2.60. The molecule has 2 aromatic rings. The lowest BCUT2D eigenvalue weighted by atomic mass is 10.1. The number of imidazole rings is 1. The zero-order valence-corrected chi connectivity index (χ0v) is 10.8. The Balaban J connectivity index is 2.04. The molecule has 0 radical (unpaired) electrons. The molecule has 3 nitrogen and oxygen atoms in total. The van der Waals surface area contributed by atoms with Crippen LogP contribution in [-0.4, -0.2) is 9.97 Å². The zero-order valence-electron chi connectivity index (χ0n) is 10.0. The van der Waals surface area contributed by atoms with Crippen LogP contribution in [0.15, 0.2) is 18.2 Å². The Kier molecular flexibility index (Phi) is 3.38. The van der Waals surface area contributed by atoms with E-state index in [1.165, 1.54) is 5.56 Å². The Bertz CT molecular complexity index is 512. The van der Waals surface area contributed by atoms with Gasteiger partial charge in [-0.05, 0) is 38.0 Å². The summed E-state index contributed by atoms with van der Waals surface area (Å²) in [6, 6.07) is 5.76. The van der Waals surface area contributed by atoms with E-state index in [-0.39, 0.29) is 0 Å². The van der Waals surface area contributed by atoms with Gasteiger partial charge >= 0.3 is 0 Å². The molecule has 0 atom stereocenters. The van der Waals surface area contributed by atoms with Gasteiger partial charge in [-0.25, -0.2) is 4.98 Å². The van der Waals surface area contributed by atoms with E-state index in [4.69, 9.17) is 17.3 Å². The Labute approximate surface area is 106 Å². The Morgan fingerprint density at radius 1 is 1.29 bits per heavy atom. The van der Waals surface area contributed by atoms with E-state index < -0.39 is 0 Å². The zero-order chi connectivity index (χ0) is 12.4. The molecule has 3 N–H and O–H groups in total. The number of anilines is 1. The van der Waals surface area contributed by atoms with Crippen molar-refractivity contribution in [2.45, 2.75) is 26.7 Å². The summed E-state index contributed by atoms with van der Waals surface area (Å²) >= 11 is 5.88. The molecular weight excluding hydrogens is 234 g/mol. The summed E-state index contributed by atoms with van der Waals surface area (Å²) in [7, 11) is 0. The van der Waals surface area contributed by atoms with Crippen molar-refractivity contribution >= 4 is 17.3 Å². The molecule has 2 rings (SSSR count). The molecule has 0 aliphatic carbocycles. The fraction of sp³-hybridized carbons (Fsp3) is 0.308. The van der Waals surface area contributed by atoms with E-state index in [1.807, 2.05) is 32.0 Å². The third kappa shape index (κ3) is 2.80. The van der Waals surface area contributed by atoms with Crippen LogP contribution in [0.25, 0.3) is 0 Å². The lowest BCUT2D eigenvalue weighted by Gasteiger charge is -2.02. The van der Waals surface area contributed by atoms with E-state index in [0.29, 0.717) is 10.7 Å². The van der Waals surface area contributed by atoms with Gasteiger partial charge in [0.1, 0.15) is 5.82 Å². The van der Waals surface area contributed by atoms with Crippen LogP contribution in [0.3, 0.4) is 0 Å². The highest BCUT2D eigenvalue weighted by molar-refractivity contribution is 6.33. The number of hydrogen-bond donors (Lipinski definition) is 2. The normalized spacial score (nSPS) is 10.8. The van der Waals surface area contributed by atoms with Crippen molar-refractivity contribution in [3.05, 3.63) is 46.0 Å². The highest BCUT2D eigenvalue weighted by atomic mass is 35.5. The summed E-state index contributed by atoms with van der Waals surface area (Å²) in [6.07, 6.45) is 1.80. The first-order valence-corrected chi connectivity index (χ1v) is 6.00. The predicted molar refractivity (Wildman–Crippen MR) is 71.3 cm³/mol. The molecule has 0 amide bonds. The van der Waals surface area contributed by atoms with Gasteiger partial charge in [-0.15, -0.1) is 0 Å². The SMILES string of the molecule is Cc1nc(CCc2ccc(Cl)c(N)c2)[nH]c1C. The average molecular weight is 250 g/mol. The second-order valence-electron chi connectivity index (χ2n) is 4.25. The number of halogens is 1. The van der Waals surface area contributed by atoms with Crippen LogP contribution in [0.2, 0.25) is 5.02 Å². The second-order valence-corrected chi connectivity index (χ2v) is 4.66. The summed E-state index contributed by atoms with van der Waals surface area (Å²) < 4.78 is 0. The molecule has 0 spiro atoms. The number of nitrogens with one attached hydrogen (secondary N) is 1. The predicted octanol–water partition coefficient (Wildman–Crippen LogP) is 3.05. The highest BCUT2D eigenvalue weighted by Gasteiger charge is 2.04. The first kappa shape index (κ1) is 12.0. The van der Waals surface area contributed by atoms with Crippen LogP contribution in [0.4, 0.5) is 5.69 Å². The van der Waals surface area contributed by atoms with Crippen LogP contribution in [0.1, 0.15) is 22.8 Å². The minimum atomic E-state index is 0.610. The van der Waals surface area contributed by atoms with Crippen LogP contribution in [-0.2, 0) is 12.8 Å². The van der Waals surface area contributed by atoms with Crippen LogP contribution in [0.5, 0.6) is 0 Å². The van der Waals surface area contributed by atoms with Gasteiger partial charge in [-0.3, -0.25) is 0 Å². The number of nitrogen functional groups attached to an aromatic ring is 1. The van der Waals surface area contributed by atoms with E-state index in [9.17, 15) is 0 Å². The molecule has 4 heteroatoms. The molecule has 0 aliphatic rings. The van der Waals surface area contributed by atoms with Crippen LogP contribution < -0.4 is 5.73 Å². The topological polar surface area (TPSA) is 54.7 Å². The van der Waals surface area contributed by atoms with E-state index in [0.717, 1.165) is 30.1 Å². The van der Waals surface area contributed by atoms with Crippen molar-refractivity contribution in [3.8, 4) is 0 Å². The van der Waals surface area contributed by atoms with E-state index in [2.05, 4.69) is 9.97 Å². The highest BCUT2D eigenvalue weighted by Crippen LogP contribution is 2.20. The Morgan fingerprint density at radius 3 is 2.65 bits per heavy atom. The largest absolute Gasteiger partial charge is 0.398 e. The van der Waals surface area contributed by atoms with Crippen molar-refractivity contribution < 1.29 is 0 Å². The fourth-order valence-corrected chi connectivity index (χ4v) is 1.87. The summed E-state index contributed by atoms with van der Waals surface area (Å²) in [4.78, 5) is 7.72. The Hall–Kier alpha value is -1.48. The van der Waals surface area contributed by atoms with Crippen molar-refractivity contribution in [1.29, 1.82) is 0 Å². The van der Waals surface area contributed by atoms with Crippen molar-refractivity contribution in [1.82, 2.24) is 9.97 Å². The third-order valence-corrected chi connectivity index (χ3v) is 3.23. The third-order valence-electron chi connectivity index (χ3n) is 2.89. The molecule has 1 heterocycles. The van der Waals surface area contributed by atoms with Gasteiger partial charge in [-0.1, -0.05) is 17.7 Å². The summed E-state index contributed by atoms with van der Waals surface area (Å²) in [5.41, 5.74) is 9.78. The van der Waals surface area contributed by atoms with E-state index >= 15 is 0 Å². The second kappa shape index (κ2) is 4.80. The minimum absolute atomic E-state index is 0.610. The van der Waals surface area contributed by atoms with Gasteiger partial charge in [0, 0.05) is 12.1 Å². The maximum atomic E-state index is 5.88. The molecule has 0 saturated carbocycles. The van der Waals surface area contributed by atoms with Gasteiger partial charge in [0.05, 0.1) is 16.4 Å². The summed E-state index contributed by atoms with van der Waals surface area (Å²) in [5, 5.41) is 0.610. The lowest BCUT2D eigenvalue weighted by Crippen LogP contribution is -1.95. The van der Waals surface area contributed by atoms with E-state index in [1.54, 1.807) is 0 Å². The first-order valence-electron chi connectivity index (χ1n) is 5.62. The number of aromatic amines is 1. The first-order chi connectivity index (χ1) is 8.06. The molecule has 90 valence electrons. The molecule has 0 fully saturated rings. The molecule has 0 saturated heterocycles. The molecular formula is C13H16ClN3. The van der Waals surface area contributed by atoms with Crippen molar-refractivity contribution in [3.63, 3.8) is 0 Å². The van der Waals surface area contributed by atoms with Gasteiger partial charge < -0.3 is 10.7 Å². The van der Waals surface area contributed by atoms with Crippen LogP contribution in [0, 0.1) is 13.8 Å². The summed E-state index contributed by atoms with van der Waals surface area (Å²) in [5.74, 6) is 1.02. The number of aromatic nitrogens is 2. The van der Waals surface area contributed by atoms with Gasteiger partial charge in [-0.2, -0.15) is 0 Å². The number of nitrogens with two attached hydrogens (primary N) is 1. The molecule has 0 unspecified atom stereocenters. The Morgan fingerprint density at radius 2 is 2.06 bits per heavy atom. The van der Waals surface area contributed by atoms with Gasteiger partial charge in [0.2, 0.25) is 0 Å².